The number of nitrogens with zero attached hydrogens (tertiary/aromatic N) is 1. The number of halogens is 1. The lowest BCUT2D eigenvalue weighted by atomic mass is 9.90. The molecule has 0 spiro atoms. The molecule has 2 aromatic rings. The van der Waals surface area contributed by atoms with E-state index in [2.05, 4.69) is 0 Å². The number of Topliss-reactive ketones (excluding diaryl/α,β-unsaturated/α-hetero) is 1. The Morgan fingerprint density at radius 3 is 2.29 bits per heavy atom. The Morgan fingerprint density at radius 2 is 1.67 bits per heavy atom. The Balaban J connectivity index is 2.23. The molecule has 0 fully saturated rings. The van der Waals surface area contributed by atoms with Crippen molar-refractivity contribution in [3.63, 3.8) is 0 Å². The van der Waals surface area contributed by atoms with Crippen LogP contribution in [0, 0.1) is 11.7 Å². The van der Waals surface area contributed by atoms with E-state index in [0.29, 0.717) is 13.0 Å². The van der Waals surface area contributed by atoms with Crippen LogP contribution in [-0.4, -0.2) is 31.3 Å². The topological polar surface area (TPSA) is 20.3 Å². The third-order valence-electron chi connectivity index (χ3n) is 3.42. The fourth-order valence-electron chi connectivity index (χ4n) is 2.46. The lowest BCUT2D eigenvalue weighted by Gasteiger charge is -2.20. The zero-order chi connectivity index (χ0) is 15.2. The van der Waals surface area contributed by atoms with E-state index in [-0.39, 0.29) is 17.3 Å². The fourth-order valence-corrected chi connectivity index (χ4v) is 2.46. The van der Waals surface area contributed by atoms with Crippen molar-refractivity contribution in [2.75, 3.05) is 20.6 Å². The van der Waals surface area contributed by atoms with Crippen molar-refractivity contribution in [1.82, 2.24) is 4.90 Å². The molecule has 2 nitrogen and oxygen atoms in total. The number of carbonyl (C=O) groups excluding carboxylic acids is 1. The molecule has 2 rings (SSSR count). The minimum Gasteiger partial charge on any atom is -0.309 e. The van der Waals surface area contributed by atoms with E-state index in [1.54, 1.807) is 18.2 Å². The number of hydrogen-bond donors (Lipinski definition) is 0. The Labute approximate surface area is 125 Å². The van der Waals surface area contributed by atoms with Gasteiger partial charge in [-0.25, -0.2) is 4.39 Å². The summed E-state index contributed by atoms with van der Waals surface area (Å²) in [6.45, 7) is 0.599. The second kappa shape index (κ2) is 7.14. The summed E-state index contributed by atoms with van der Waals surface area (Å²) >= 11 is 0. The molecule has 0 saturated carbocycles. The summed E-state index contributed by atoms with van der Waals surface area (Å²) in [5, 5.41) is 0. The minimum atomic E-state index is -0.445. The molecule has 0 aromatic heterocycles. The third-order valence-corrected chi connectivity index (χ3v) is 3.42. The van der Waals surface area contributed by atoms with Crippen LogP contribution >= 0.6 is 0 Å². The van der Waals surface area contributed by atoms with Crippen molar-refractivity contribution in [1.29, 1.82) is 0 Å². The highest BCUT2D eigenvalue weighted by molar-refractivity contribution is 5.98. The maximum Gasteiger partial charge on any atom is 0.170 e. The molecule has 0 bridgehead atoms. The predicted octanol–water partition coefficient (Wildman–Crippen LogP) is 3.43. The third kappa shape index (κ3) is 4.23. The molecule has 110 valence electrons. The van der Waals surface area contributed by atoms with Crippen LogP contribution in [0.5, 0.6) is 0 Å². The second-order valence-corrected chi connectivity index (χ2v) is 5.49. The van der Waals surface area contributed by atoms with Gasteiger partial charge in [-0.1, -0.05) is 42.5 Å². The first kappa shape index (κ1) is 15.4. The van der Waals surface area contributed by atoms with Gasteiger partial charge in [0.25, 0.3) is 0 Å². The summed E-state index contributed by atoms with van der Waals surface area (Å²) < 4.78 is 13.8. The summed E-state index contributed by atoms with van der Waals surface area (Å²) in [5.41, 5.74) is 1.27. The highest BCUT2D eigenvalue weighted by Crippen LogP contribution is 2.18. The highest BCUT2D eigenvalue weighted by atomic mass is 19.1. The van der Waals surface area contributed by atoms with Gasteiger partial charge in [-0.05, 0) is 38.2 Å². The van der Waals surface area contributed by atoms with Gasteiger partial charge in [0.2, 0.25) is 0 Å². The lowest BCUT2D eigenvalue weighted by Crippen LogP contribution is -2.30. The lowest BCUT2D eigenvalue weighted by molar-refractivity contribution is 0.0892. The van der Waals surface area contributed by atoms with Crippen LogP contribution in [0.2, 0.25) is 0 Å². The maximum absolute atomic E-state index is 13.8. The van der Waals surface area contributed by atoms with Crippen molar-refractivity contribution in [2.24, 2.45) is 5.92 Å². The van der Waals surface area contributed by atoms with Gasteiger partial charge in [-0.2, -0.15) is 0 Å². The van der Waals surface area contributed by atoms with Gasteiger partial charge in [0.1, 0.15) is 5.82 Å². The molecule has 0 unspecified atom stereocenters. The summed E-state index contributed by atoms with van der Waals surface area (Å²) in [6, 6.07) is 16.0. The normalized spacial score (nSPS) is 12.4. The molecule has 0 saturated heterocycles. The van der Waals surface area contributed by atoms with E-state index in [9.17, 15) is 9.18 Å². The molecule has 0 aliphatic heterocycles. The average Bonchev–Trinajstić information content (AvgIpc) is 2.47. The fraction of sp³-hybridized carbons (Fsp3) is 0.278. The molecular weight excluding hydrogens is 265 g/mol. The van der Waals surface area contributed by atoms with E-state index >= 15 is 0 Å². The number of rotatable bonds is 6. The largest absolute Gasteiger partial charge is 0.309 e. The average molecular weight is 285 g/mol. The van der Waals surface area contributed by atoms with Gasteiger partial charge >= 0.3 is 0 Å². The zero-order valence-corrected chi connectivity index (χ0v) is 12.4. The number of benzene rings is 2. The summed E-state index contributed by atoms with van der Waals surface area (Å²) in [7, 11) is 3.85. The molecule has 0 aliphatic carbocycles. The Hall–Kier alpha value is -2.00. The molecule has 0 radical (unpaired) electrons. The second-order valence-electron chi connectivity index (χ2n) is 5.49. The molecule has 3 heteroatoms. The molecular formula is C18H20FNO. The van der Waals surface area contributed by atoms with Crippen molar-refractivity contribution in [3.05, 3.63) is 71.5 Å². The first-order chi connectivity index (χ1) is 10.1. The summed E-state index contributed by atoms with van der Waals surface area (Å²) in [5.74, 6) is -0.829. The van der Waals surface area contributed by atoms with E-state index in [0.717, 1.165) is 5.56 Å². The van der Waals surface area contributed by atoms with Crippen LogP contribution in [0.1, 0.15) is 15.9 Å². The van der Waals surface area contributed by atoms with Gasteiger partial charge in [0.05, 0.1) is 5.56 Å². The van der Waals surface area contributed by atoms with Crippen LogP contribution in [0.15, 0.2) is 54.6 Å². The van der Waals surface area contributed by atoms with Crippen LogP contribution in [0.3, 0.4) is 0 Å². The Kier molecular flexibility index (Phi) is 5.23. The van der Waals surface area contributed by atoms with Crippen molar-refractivity contribution >= 4 is 5.78 Å². The predicted molar refractivity (Wildman–Crippen MR) is 82.9 cm³/mol. The van der Waals surface area contributed by atoms with Crippen molar-refractivity contribution in [3.8, 4) is 0 Å². The molecule has 1 atom stereocenters. The van der Waals surface area contributed by atoms with Gasteiger partial charge in [0.15, 0.2) is 5.78 Å². The zero-order valence-electron chi connectivity index (χ0n) is 12.4. The number of carbonyl (C=O) groups is 1. The summed E-state index contributed by atoms with van der Waals surface area (Å²) in [6.07, 6.45) is 0.617. The molecule has 21 heavy (non-hydrogen) atoms. The summed E-state index contributed by atoms with van der Waals surface area (Å²) in [4.78, 5) is 14.6. The van der Waals surface area contributed by atoms with Crippen LogP contribution in [0.4, 0.5) is 4.39 Å². The quantitative estimate of drug-likeness (QED) is 0.758. The van der Waals surface area contributed by atoms with Crippen LogP contribution in [-0.2, 0) is 6.42 Å². The first-order valence-corrected chi connectivity index (χ1v) is 7.05. The van der Waals surface area contributed by atoms with Crippen molar-refractivity contribution in [2.45, 2.75) is 6.42 Å². The van der Waals surface area contributed by atoms with Gasteiger partial charge in [0, 0.05) is 12.5 Å². The van der Waals surface area contributed by atoms with E-state index < -0.39 is 5.82 Å². The van der Waals surface area contributed by atoms with E-state index in [1.807, 2.05) is 49.3 Å². The Bertz CT molecular complexity index is 595. The standard InChI is InChI=1S/C18H20FNO/c1-20(2)13-15(12-14-8-4-3-5-9-14)18(21)16-10-6-7-11-17(16)19/h3-11,15H,12-13H2,1-2H3/t15-/m0/s1. The highest BCUT2D eigenvalue weighted by Gasteiger charge is 2.23. The van der Waals surface area contributed by atoms with E-state index in [1.165, 1.54) is 6.07 Å². The SMILES string of the molecule is CN(C)C[C@H](Cc1ccccc1)C(=O)c1ccccc1F. The Morgan fingerprint density at radius 1 is 1.05 bits per heavy atom. The number of ketones is 1. The van der Waals surface area contributed by atoms with Crippen LogP contribution < -0.4 is 0 Å². The number of hydrogen-bond acceptors (Lipinski definition) is 2. The molecule has 0 aliphatic rings. The molecule has 0 N–H and O–H groups in total. The smallest absolute Gasteiger partial charge is 0.170 e. The minimum absolute atomic E-state index is 0.134. The van der Waals surface area contributed by atoms with Crippen molar-refractivity contribution < 1.29 is 9.18 Å². The van der Waals surface area contributed by atoms with Gasteiger partial charge in [-0.3, -0.25) is 4.79 Å². The van der Waals surface area contributed by atoms with E-state index in [4.69, 9.17) is 0 Å². The maximum atomic E-state index is 13.8. The first-order valence-electron chi connectivity index (χ1n) is 7.05. The molecule has 0 amide bonds. The van der Waals surface area contributed by atoms with Gasteiger partial charge in [-0.15, -0.1) is 0 Å². The van der Waals surface area contributed by atoms with Crippen LogP contribution in [0.25, 0.3) is 0 Å². The van der Waals surface area contributed by atoms with Gasteiger partial charge < -0.3 is 4.90 Å². The monoisotopic (exact) mass is 285 g/mol. The molecule has 0 heterocycles. The molecule has 2 aromatic carbocycles.